The van der Waals surface area contributed by atoms with Crippen LogP contribution in [0.2, 0.25) is 0 Å². The van der Waals surface area contributed by atoms with E-state index in [2.05, 4.69) is 15.3 Å². The zero-order valence-electron chi connectivity index (χ0n) is 12.8. The van der Waals surface area contributed by atoms with Crippen LogP contribution < -0.4 is 5.32 Å². The molecule has 2 N–H and O–H groups in total. The summed E-state index contributed by atoms with van der Waals surface area (Å²) in [6, 6.07) is 9.71. The standard InChI is InChI=1S/C18H19N3OS/c22-14(12-6-2-1-3-7-12)10-19-17-16-13-8-4-5-9-15(13)23-18(16)21-11-20-17/h1-3,6-7,11,14,22H,4-5,8-10H2,(H,19,20,21)/t14-/m0/s1. The van der Waals surface area contributed by atoms with E-state index in [4.69, 9.17) is 0 Å². The Hall–Kier alpha value is -1.98. The summed E-state index contributed by atoms with van der Waals surface area (Å²) in [6.45, 7) is 0.445. The third-order valence-electron chi connectivity index (χ3n) is 4.40. The Morgan fingerprint density at radius 3 is 2.83 bits per heavy atom. The van der Waals surface area contributed by atoms with E-state index in [0.717, 1.165) is 34.4 Å². The first-order valence-corrected chi connectivity index (χ1v) is 8.86. The van der Waals surface area contributed by atoms with Gasteiger partial charge in [0.1, 0.15) is 17.0 Å². The second-order valence-corrected chi connectivity index (χ2v) is 7.00. The lowest BCUT2D eigenvalue weighted by Gasteiger charge is -2.15. The summed E-state index contributed by atoms with van der Waals surface area (Å²) in [6.07, 6.45) is 5.83. The monoisotopic (exact) mass is 325 g/mol. The molecule has 1 aromatic carbocycles. The van der Waals surface area contributed by atoms with Gasteiger partial charge in [-0.3, -0.25) is 0 Å². The SMILES string of the molecule is O[C@@H](CNc1ncnc2sc3c(c12)CCCC3)c1ccccc1. The Morgan fingerprint density at radius 2 is 1.96 bits per heavy atom. The number of nitrogens with zero attached hydrogens (tertiary/aromatic N) is 2. The molecule has 118 valence electrons. The number of thiophene rings is 1. The van der Waals surface area contributed by atoms with Crippen molar-refractivity contribution in [3.05, 3.63) is 52.7 Å². The Balaban J connectivity index is 1.60. The van der Waals surface area contributed by atoms with Crippen molar-refractivity contribution in [2.24, 2.45) is 0 Å². The number of benzene rings is 1. The summed E-state index contributed by atoms with van der Waals surface area (Å²) >= 11 is 1.79. The van der Waals surface area contributed by atoms with Crippen LogP contribution in [0.3, 0.4) is 0 Å². The first kappa shape index (κ1) is 14.6. The molecule has 4 nitrogen and oxygen atoms in total. The zero-order valence-corrected chi connectivity index (χ0v) is 13.6. The highest BCUT2D eigenvalue weighted by Gasteiger charge is 2.20. The van der Waals surface area contributed by atoms with Crippen molar-refractivity contribution in [3.63, 3.8) is 0 Å². The van der Waals surface area contributed by atoms with E-state index < -0.39 is 6.10 Å². The minimum absolute atomic E-state index is 0.445. The summed E-state index contributed by atoms with van der Waals surface area (Å²) < 4.78 is 0. The number of aromatic nitrogens is 2. The summed E-state index contributed by atoms with van der Waals surface area (Å²) in [5, 5.41) is 14.8. The van der Waals surface area contributed by atoms with Gasteiger partial charge in [-0.1, -0.05) is 30.3 Å². The number of aliphatic hydroxyl groups is 1. The molecule has 3 aromatic rings. The Morgan fingerprint density at radius 1 is 1.13 bits per heavy atom. The average Bonchev–Trinajstić information content (AvgIpc) is 2.99. The number of hydrogen-bond acceptors (Lipinski definition) is 5. The smallest absolute Gasteiger partial charge is 0.138 e. The largest absolute Gasteiger partial charge is 0.387 e. The Labute approximate surface area is 139 Å². The van der Waals surface area contributed by atoms with Gasteiger partial charge in [-0.25, -0.2) is 9.97 Å². The molecule has 0 amide bonds. The molecule has 5 heteroatoms. The normalized spacial score (nSPS) is 15.3. The van der Waals surface area contributed by atoms with Crippen LogP contribution in [0.1, 0.15) is 34.9 Å². The predicted molar refractivity (Wildman–Crippen MR) is 93.9 cm³/mol. The molecule has 0 aliphatic heterocycles. The molecule has 1 aliphatic carbocycles. The van der Waals surface area contributed by atoms with Gasteiger partial charge in [-0.2, -0.15) is 0 Å². The molecular formula is C18H19N3OS. The fourth-order valence-electron chi connectivity index (χ4n) is 3.21. The molecule has 1 aliphatic rings. The quantitative estimate of drug-likeness (QED) is 0.767. The fourth-order valence-corrected chi connectivity index (χ4v) is 4.44. The number of anilines is 1. The van der Waals surface area contributed by atoms with Crippen LogP contribution in [0, 0.1) is 0 Å². The summed E-state index contributed by atoms with van der Waals surface area (Å²) in [7, 11) is 0. The van der Waals surface area contributed by atoms with Gasteiger partial charge in [0, 0.05) is 11.4 Å². The van der Waals surface area contributed by atoms with E-state index in [-0.39, 0.29) is 0 Å². The first-order valence-electron chi connectivity index (χ1n) is 8.05. The van der Waals surface area contributed by atoms with Crippen LogP contribution in [0.25, 0.3) is 10.2 Å². The van der Waals surface area contributed by atoms with E-state index in [9.17, 15) is 5.11 Å². The van der Waals surface area contributed by atoms with Gasteiger partial charge in [0.15, 0.2) is 0 Å². The van der Waals surface area contributed by atoms with Crippen LogP contribution in [-0.4, -0.2) is 21.6 Å². The topological polar surface area (TPSA) is 58.0 Å². The lowest BCUT2D eigenvalue weighted by molar-refractivity contribution is 0.191. The van der Waals surface area contributed by atoms with Crippen molar-refractivity contribution >= 4 is 27.4 Å². The number of hydrogen-bond donors (Lipinski definition) is 2. The molecule has 4 rings (SSSR count). The maximum Gasteiger partial charge on any atom is 0.138 e. The van der Waals surface area contributed by atoms with E-state index in [1.165, 1.54) is 23.3 Å². The minimum Gasteiger partial charge on any atom is -0.387 e. The number of aliphatic hydroxyl groups excluding tert-OH is 1. The molecule has 2 heterocycles. The van der Waals surface area contributed by atoms with Crippen molar-refractivity contribution in [2.45, 2.75) is 31.8 Å². The van der Waals surface area contributed by atoms with Gasteiger partial charge in [-0.15, -0.1) is 11.3 Å². The fraction of sp³-hybridized carbons (Fsp3) is 0.333. The zero-order chi connectivity index (χ0) is 15.6. The third-order valence-corrected chi connectivity index (χ3v) is 5.60. The minimum atomic E-state index is -0.546. The second kappa shape index (κ2) is 6.26. The van der Waals surface area contributed by atoms with E-state index >= 15 is 0 Å². The van der Waals surface area contributed by atoms with Crippen LogP contribution in [0.5, 0.6) is 0 Å². The lowest BCUT2D eigenvalue weighted by Crippen LogP contribution is -2.13. The van der Waals surface area contributed by atoms with Gasteiger partial charge in [0.2, 0.25) is 0 Å². The maximum absolute atomic E-state index is 10.3. The molecule has 0 radical (unpaired) electrons. The molecule has 0 saturated heterocycles. The summed E-state index contributed by atoms with van der Waals surface area (Å²) in [5.41, 5.74) is 2.33. The number of fused-ring (bicyclic) bond motifs is 3. The van der Waals surface area contributed by atoms with Crippen molar-refractivity contribution in [1.29, 1.82) is 0 Å². The number of aryl methyl sites for hydroxylation is 2. The highest BCUT2D eigenvalue weighted by molar-refractivity contribution is 7.19. The van der Waals surface area contributed by atoms with Gasteiger partial charge >= 0.3 is 0 Å². The van der Waals surface area contributed by atoms with Crippen LogP contribution in [-0.2, 0) is 12.8 Å². The van der Waals surface area contributed by atoms with E-state index in [1.54, 1.807) is 17.7 Å². The van der Waals surface area contributed by atoms with Crippen molar-refractivity contribution < 1.29 is 5.11 Å². The Kier molecular flexibility index (Phi) is 3.97. The first-order chi connectivity index (χ1) is 11.3. The molecule has 0 bridgehead atoms. The van der Waals surface area contributed by atoms with Crippen molar-refractivity contribution in [3.8, 4) is 0 Å². The molecule has 23 heavy (non-hydrogen) atoms. The molecule has 0 unspecified atom stereocenters. The van der Waals surface area contributed by atoms with E-state index in [0.29, 0.717) is 6.54 Å². The highest BCUT2D eigenvalue weighted by atomic mass is 32.1. The molecule has 1 atom stereocenters. The summed E-state index contributed by atoms with van der Waals surface area (Å²) in [4.78, 5) is 11.4. The molecule has 0 saturated carbocycles. The molecule has 2 aromatic heterocycles. The van der Waals surface area contributed by atoms with Crippen LogP contribution >= 0.6 is 11.3 Å². The molecular weight excluding hydrogens is 306 g/mol. The van der Waals surface area contributed by atoms with Gasteiger partial charge < -0.3 is 10.4 Å². The Bertz CT molecular complexity index is 816. The average molecular weight is 325 g/mol. The highest BCUT2D eigenvalue weighted by Crippen LogP contribution is 2.38. The van der Waals surface area contributed by atoms with Gasteiger partial charge in [-0.05, 0) is 36.8 Å². The lowest BCUT2D eigenvalue weighted by atomic mass is 9.97. The number of nitrogens with one attached hydrogen (secondary N) is 1. The summed E-state index contributed by atoms with van der Waals surface area (Å²) in [5.74, 6) is 0.851. The molecule has 0 spiro atoms. The van der Waals surface area contributed by atoms with Gasteiger partial charge in [0.05, 0.1) is 11.5 Å². The van der Waals surface area contributed by atoms with Crippen molar-refractivity contribution in [1.82, 2.24) is 9.97 Å². The maximum atomic E-state index is 10.3. The van der Waals surface area contributed by atoms with Gasteiger partial charge in [0.25, 0.3) is 0 Å². The van der Waals surface area contributed by atoms with Crippen molar-refractivity contribution in [2.75, 3.05) is 11.9 Å². The molecule has 0 fully saturated rings. The van der Waals surface area contributed by atoms with E-state index in [1.807, 2.05) is 30.3 Å². The second-order valence-electron chi connectivity index (χ2n) is 5.92. The van der Waals surface area contributed by atoms with Crippen LogP contribution in [0.4, 0.5) is 5.82 Å². The third kappa shape index (κ3) is 2.82. The predicted octanol–water partition coefficient (Wildman–Crippen LogP) is 3.72. The number of rotatable bonds is 4. The van der Waals surface area contributed by atoms with Crippen LogP contribution in [0.15, 0.2) is 36.7 Å².